The van der Waals surface area contributed by atoms with Crippen molar-refractivity contribution in [3.63, 3.8) is 0 Å². The maximum Gasteiger partial charge on any atom is 0.410 e. The summed E-state index contributed by atoms with van der Waals surface area (Å²) < 4.78 is 46.5. The maximum atomic E-state index is 14.0. The number of carbonyl (C=O) groups excluding carboxylic acids is 1. The predicted molar refractivity (Wildman–Crippen MR) is 74.5 cm³/mol. The summed E-state index contributed by atoms with van der Waals surface area (Å²) in [6.07, 6.45) is -0.455. The molecule has 122 valence electrons. The fourth-order valence-corrected chi connectivity index (χ4v) is 2.39. The molecule has 0 bridgehead atoms. The molecule has 0 radical (unpaired) electrons. The Morgan fingerprint density at radius 3 is 2.55 bits per heavy atom. The highest BCUT2D eigenvalue weighted by Gasteiger charge is 2.31. The van der Waals surface area contributed by atoms with Gasteiger partial charge in [0.25, 0.3) is 0 Å². The van der Waals surface area contributed by atoms with Crippen molar-refractivity contribution in [3.05, 3.63) is 34.6 Å². The lowest BCUT2D eigenvalue weighted by Gasteiger charge is -2.26. The lowest BCUT2D eigenvalue weighted by Crippen LogP contribution is -2.36. The molecular formula is C15H19F3N2O2. The molecular weight excluding hydrogens is 297 g/mol. The van der Waals surface area contributed by atoms with Gasteiger partial charge in [0, 0.05) is 29.8 Å². The van der Waals surface area contributed by atoms with E-state index >= 15 is 0 Å². The first-order chi connectivity index (χ1) is 10.1. The Morgan fingerprint density at radius 1 is 1.32 bits per heavy atom. The molecule has 0 spiro atoms. The minimum absolute atomic E-state index is 0.102. The van der Waals surface area contributed by atoms with Gasteiger partial charge in [-0.2, -0.15) is 0 Å². The molecule has 0 saturated heterocycles. The van der Waals surface area contributed by atoms with E-state index in [9.17, 15) is 18.0 Å². The van der Waals surface area contributed by atoms with Crippen LogP contribution in [0.15, 0.2) is 6.07 Å². The van der Waals surface area contributed by atoms with Crippen LogP contribution in [-0.2, 0) is 11.3 Å². The van der Waals surface area contributed by atoms with E-state index < -0.39 is 35.2 Å². The largest absolute Gasteiger partial charge is 0.444 e. The van der Waals surface area contributed by atoms with E-state index in [0.29, 0.717) is 6.07 Å². The van der Waals surface area contributed by atoms with Gasteiger partial charge < -0.3 is 15.4 Å². The van der Waals surface area contributed by atoms with Crippen molar-refractivity contribution in [1.29, 1.82) is 0 Å². The Morgan fingerprint density at radius 2 is 1.95 bits per heavy atom. The molecule has 1 aromatic rings. The van der Waals surface area contributed by atoms with Crippen LogP contribution in [0.3, 0.4) is 0 Å². The fraction of sp³-hybridized carbons (Fsp3) is 0.533. The van der Waals surface area contributed by atoms with Gasteiger partial charge in [0.1, 0.15) is 11.4 Å². The second kappa shape index (κ2) is 5.79. The molecule has 4 nitrogen and oxygen atoms in total. The van der Waals surface area contributed by atoms with Gasteiger partial charge in [-0.05, 0) is 27.2 Å². The van der Waals surface area contributed by atoms with Crippen molar-refractivity contribution in [2.24, 2.45) is 5.73 Å². The van der Waals surface area contributed by atoms with Crippen LogP contribution in [0.25, 0.3) is 0 Å². The normalized spacial score (nSPS) is 18.7. The Kier molecular flexibility index (Phi) is 4.37. The predicted octanol–water partition coefficient (Wildman–Crippen LogP) is 3.24. The second-order valence-electron chi connectivity index (χ2n) is 6.34. The van der Waals surface area contributed by atoms with E-state index in [1.54, 1.807) is 20.8 Å². The summed E-state index contributed by atoms with van der Waals surface area (Å²) in [6, 6.07) is -0.410. The van der Waals surface area contributed by atoms with Gasteiger partial charge in [-0.3, -0.25) is 0 Å². The van der Waals surface area contributed by atoms with Crippen molar-refractivity contribution in [1.82, 2.24) is 4.90 Å². The Hall–Kier alpha value is -1.76. The summed E-state index contributed by atoms with van der Waals surface area (Å²) in [5, 5.41) is 0. The molecule has 0 fully saturated rings. The van der Waals surface area contributed by atoms with Crippen LogP contribution >= 0.6 is 0 Å². The number of halogens is 3. The van der Waals surface area contributed by atoms with Gasteiger partial charge in [-0.25, -0.2) is 18.0 Å². The monoisotopic (exact) mass is 316 g/mol. The quantitative estimate of drug-likeness (QED) is 0.748. The number of carbonyl (C=O) groups is 1. The zero-order valence-corrected chi connectivity index (χ0v) is 12.8. The second-order valence-corrected chi connectivity index (χ2v) is 6.34. The van der Waals surface area contributed by atoms with E-state index in [-0.39, 0.29) is 30.6 Å². The highest BCUT2D eigenvalue weighted by Crippen LogP contribution is 2.31. The SMILES string of the molecule is CC(C)(C)OC(=O)N1CCC(N)c2c(F)c(F)cc(F)c2C1. The maximum absolute atomic E-state index is 14.0. The van der Waals surface area contributed by atoms with E-state index in [1.165, 1.54) is 4.90 Å². The first-order valence-electron chi connectivity index (χ1n) is 7.00. The summed E-state index contributed by atoms with van der Waals surface area (Å²) in [7, 11) is 0. The van der Waals surface area contributed by atoms with Crippen molar-refractivity contribution < 1.29 is 22.7 Å². The molecule has 2 rings (SSSR count). The number of hydrogen-bond acceptors (Lipinski definition) is 3. The molecule has 1 atom stereocenters. The zero-order chi connectivity index (χ0) is 16.7. The van der Waals surface area contributed by atoms with Crippen LogP contribution in [0.1, 0.15) is 44.4 Å². The topological polar surface area (TPSA) is 55.6 Å². The average molecular weight is 316 g/mol. The van der Waals surface area contributed by atoms with Crippen molar-refractivity contribution in [2.75, 3.05) is 6.54 Å². The fourth-order valence-electron chi connectivity index (χ4n) is 2.39. The van der Waals surface area contributed by atoms with Gasteiger partial charge >= 0.3 is 6.09 Å². The molecule has 1 amide bonds. The molecule has 0 aromatic heterocycles. The number of hydrogen-bond donors (Lipinski definition) is 1. The standard InChI is InChI=1S/C15H19F3N2O2/c1-15(2,3)22-14(21)20-5-4-11(19)12-8(7-20)9(16)6-10(17)13(12)18/h6,11H,4-5,7,19H2,1-3H3. The van der Waals surface area contributed by atoms with Crippen LogP contribution in [0, 0.1) is 17.5 Å². The summed E-state index contributed by atoms with van der Waals surface area (Å²) in [4.78, 5) is 13.4. The van der Waals surface area contributed by atoms with E-state index in [0.717, 1.165) is 0 Å². The third-order valence-electron chi connectivity index (χ3n) is 3.39. The first kappa shape index (κ1) is 16.6. The molecule has 1 aliphatic heterocycles. The Bertz CT molecular complexity index is 599. The number of nitrogens with two attached hydrogens (primary N) is 1. The van der Waals surface area contributed by atoms with Crippen molar-refractivity contribution in [2.45, 2.75) is 45.4 Å². The van der Waals surface area contributed by atoms with Crippen molar-refractivity contribution >= 4 is 6.09 Å². The number of fused-ring (bicyclic) bond motifs is 1. The Balaban J connectivity index is 2.37. The average Bonchev–Trinajstić information content (AvgIpc) is 2.54. The van der Waals surface area contributed by atoms with Crippen LogP contribution in [-0.4, -0.2) is 23.1 Å². The molecule has 1 unspecified atom stereocenters. The molecule has 1 aliphatic rings. The van der Waals surface area contributed by atoms with Gasteiger partial charge in [0.15, 0.2) is 11.6 Å². The lowest BCUT2D eigenvalue weighted by atomic mass is 9.98. The number of nitrogens with zero attached hydrogens (tertiary/aromatic N) is 1. The minimum Gasteiger partial charge on any atom is -0.444 e. The first-order valence-corrected chi connectivity index (χ1v) is 7.00. The molecule has 0 aliphatic carbocycles. The number of ether oxygens (including phenoxy) is 1. The van der Waals surface area contributed by atoms with Gasteiger partial charge in [-0.15, -0.1) is 0 Å². The molecule has 1 aromatic carbocycles. The highest BCUT2D eigenvalue weighted by molar-refractivity contribution is 5.68. The lowest BCUT2D eigenvalue weighted by molar-refractivity contribution is 0.0233. The van der Waals surface area contributed by atoms with Crippen molar-refractivity contribution in [3.8, 4) is 0 Å². The van der Waals surface area contributed by atoms with E-state index in [1.807, 2.05) is 0 Å². The number of rotatable bonds is 0. The summed E-state index contributed by atoms with van der Waals surface area (Å²) >= 11 is 0. The van der Waals surface area contributed by atoms with Crippen LogP contribution in [0.4, 0.5) is 18.0 Å². The van der Waals surface area contributed by atoms with Gasteiger partial charge in [-0.1, -0.05) is 0 Å². The highest BCUT2D eigenvalue weighted by atomic mass is 19.2. The molecule has 22 heavy (non-hydrogen) atoms. The van der Waals surface area contributed by atoms with Crippen LogP contribution < -0.4 is 5.73 Å². The van der Waals surface area contributed by atoms with Gasteiger partial charge in [0.2, 0.25) is 0 Å². The van der Waals surface area contributed by atoms with Crippen LogP contribution in [0.5, 0.6) is 0 Å². The Labute approximate surface area is 127 Å². The smallest absolute Gasteiger partial charge is 0.410 e. The zero-order valence-electron chi connectivity index (χ0n) is 12.8. The number of benzene rings is 1. The minimum atomic E-state index is -1.28. The van der Waals surface area contributed by atoms with E-state index in [4.69, 9.17) is 10.5 Å². The number of amides is 1. The molecule has 7 heteroatoms. The summed E-state index contributed by atoms with van der Waals surface area (Å²) in [5.41, 5.74) is 4.81. The molecule has 1 heterocycles. The third-order valence-corrected chi connectivity index (χ3v) is 3.39. The summed E-state index contributed by atoms with van der Waals surface area (Å²) in [6.45, 7) is 5.08. The summed E-state index contributed by atoms with van der Waals surface area (Å²) in [5.74, 6) is -3.35. The molecule has 2 N–H and O–H groups in total. The van der Waals surface area contributed by atoms with Gasteiger partial charge in [0.05, 0.1) is 6.54 Å². The third kappa shape index (κ3) is 3.35. The van der Waals surface area contributed by atoms with Crippen LogP contribution in [0.2, 0.25) is 0 Å². The van der Waals surface area contributed by atoms with E-state index in [2.05, 4.69) is 0 Å². The molecule has 0 saturated carbocycles.